The van der Waals surface area contributed by atoms with Gasteiger partial charge in [0.05, 0.1) is 0 Å². The Bertz CT molecular complexity index is 542. The topological polar surface area (TPSA) is 38.8 Å². The van der Waals surface area contributed by atoms with Crippen molar-refractivity contribution in [3.8, 4) is 0 Å². The Balaban J connectivity index is 1.44. The number of hydrogen-bond donors (Lipinski definition) is 1. The van der Waals surface area contributed by atoms with Gasteiger partial charge in [0.15, 0.2) is 0 Å². The van der Waals surface area contributed by atoms with E-state index in [1.165, 1.54) is 12.1 Å². The molecule has 1 atom stereocenters. The van der Waals surface area contributed by atoms with E-state index in [0.29, 0.717) is 12.5 Å². The maximum Gasteiger partial charge on any atom is 0.223 e. The smallest absolute Gasteiger partial charge is 0.223 e. The van der Waals surface area contributed by atoms with E-state index in [4.69, 9.17) is 0 Å². The third-order valence-electron chi connectivity index (χ3n) is 5.08. The van der Waals surface area contributed by atoms with Crippen LogP contribution < -0.4 is 10.2 Å². The summed E-state index contributed by atoms with van der Waals surface area (Å²) in [6, 6.07) is 7.09. The molecule has 1 aromatic rings. The standard InChI is InChI=1S/C18H27FN4O/c1-15-14-20-7-9-21(15)8-6-18(24)23-12-10-22(11-13-23)17-4-2-16(19)3-5-17/h2-5,15,20H,6-14H2,1H3/t15-/m1/s1. The third-order valence-corrected chi connectivity index (χ3v) is 5.08. The maximum absolute atomic E-state index is 13.0. The molecule has 0 aromatic heterocycles. The van der Waals surface area contributed by atoms with Gasteiger partial charge >= 0.3 is 0 Å². The van der Waals surface area contributed by atoms with Crippen molar-refractivity contribution in [2.45, 2.75) is 19.4 Å². The summed E-state index contributed by atoms with van der Waals surface area (Å²) >= 11 is 0. The van der Waals surface area contributed by atoms with Crippen molar-refractivity contribution in [2.75, 3.05) is 57.3 Å². The third kappa shape index (κ3) is 4.24. The number of halogens is 1. The molecule has 5 nitrogen and oxygen atoms in total. The van der Waals surface area contributed by atoms with Crippen molar-refractivity contribution in [1.82, 2.24) is 15.1 Å². The molecule has 2 aliphatic heterocycles. The second kappa shape index (κ2) is 7.94. The zero-order chi connectivity index (χ0) is 16.9. The Morgan fingerprint density at radius 2 is 1.88 bits per heavy atom. The van der Waals surface area contributed by atoms with E-state index < -0.39 is 0 Å². The van der Waals surface area contributed by atoms with Crippen molar-refractivity contribution in [3.63, 3.8) is 0 Å². The first-order valence-electron chi connectivity index (χ1n) is 8.86. The molecular formula is C18H27FN4O. The number of benzene rings is 1. The van der Waals surface area contributed by atoms with Gasteiger partial charge in [-0.1, -0.05) is 0 Å². The largest absolute Gasteiger partial charge is 0.368 e. The Morgan fingerprint density at radius 3 is 2.54 bits per heavy atom. The van der Waals surface area contributed by atoms with Gasteiger partial charge in [-0.15, -0.1) is 0 Å². The Hall–Kier alpha value is -1.66. The van der Waals surface area contributed by atoms with Crippen molar-refractivity contribution in [3.05, 3.63) is 30.1 Å². The van der Waals surface area contributed by atoms with Crippen LogP contribution >= 0.6 is 0 Å². The van der Waals surface area contributed by atoms with Crippen LogP contribution in [0.4, 0.5) is 10.1 Å². The summed E-state index contributed by atoms with van der Waals surface area (Å²) in [6.45, 7) is 9.19. The summed E-state index contributed by atoms with van der Waals surface area (Å²) in [5, 5.41) is 3.37. The lowest BCUT2D eigenvalue weighted by Gasteiger charge is -2.37. The van der Waals surface area contributed by atoms with Crippen LogP contribution in [-0.4, -0.2) is 74.1 Å². The number of carbonyl (C=O) groups is 1. The number of amides is 1. The normalized spacial score (nSPS) is 22.7. The highest BCUT2D eigenvalue weighted by molar-refractivity contribution is 5.76. The first-order valence-corrected chi connectivity index (χ1v) is 8.86. The predicted octanol–water partition coefficient (Wildman–Crippen LogP) is 1.16. The maximum atomic E-state index is 13.0. The molecule has 0 radical (unpaired) electrons. The van der Waals surface area contributed by atoms with E-state index in [0.717, 1.165) is 58.0 Å². The van der Waals surface area contributed by atoms with Gasteiger partial charge in [0.25, 0.3) is 0 Å². The molecule has 2 saturated heterocycles. The van der Waals surface area contributed by atoms with Gasteiger partial charge in [-0.2, -0.15) is 0 Å². The fraction of sp³-hybridized carbons (Fsp3) is 0.611. The lowest BCUT2D eigenvalue weighted by molar-refractivity contribution is -0.132. The zero-order valence-electron chi connectivity index (χ0n) is 14.4. The fourth-order valence-corrected chi connectivity index (χ4v) is 3.48. The van der Waals surface area contributed by atoms with Crippen LogP contribution in [0.5, 0.6) is 0 Å². The second-order valence-electron chi connectivity index (χ2n) is 6.68. The molecule has 2 heterocycles. The number of piperazine rings is 2. The molecule has 0 unspecified atom stereocenters. The van der Waals surface area contributed by atoms with E-state index >= 15 is 0 Å². The number of nitrogens with one attached hydrogen (secondary N) is 1. The van der Waals surface area contributed by atoms with Crippen molar-refractivity contribution < 1.29 is 9.18 Å². The van der Waals surface area contributed by atoms with Crippen molar-refractivity contribution in [1.29, 1.82) is 0 Å². The summed E-state index contributed by atoms with van der Waals surface area (Å²) in [7, 11) is 0. The van der Waals surface area contributed by atoms with Crippen LogP contribution in [0.3, 0.4) is 0 Å². The van der Waals surface area contributed by atoms with Crippen LogP contribution in [0.2, 0.25) is 0 Å². The van der Waals surface area contributed by atoms with E-state index in [1.807, 2.05) is 4.90 Å². The molecule has 1 amide bonds. The molecule has 1 aromatic carbocycles. The number of nitrogens with zero attached hydrogens (tertiary/aromatic N) is 3. The molecule has 0 saturated carbocycles. The van der Waals surface area contributed by atoms with Crippen LogP contribution in [0.25, 0.3) is 0 Å². The van der Waals surface area contributed by atoms with Gasteiger partial charge in [0, 0.05) is 70.5 Å². The van der Waals surface area contributed by atoms with Gasteiger partial charge in [-0.25, -0.2) is 4.39 Å². The summed E-state index contributed by atoms with van der Waals surface area (Å²) in [5.74, 6) is 0.0363. The minimum atomic E-state index is -0.213. The minimum Gasteiger partial charge on any atom is -0.368 e. The molecule has 132 valence electrons. The number of anilines is 1. The quantitative estimate of drug-likeness (QED) is 0.897. The summed E-state index contributed by atoms with van der Waals surface area (Å²) in [4.78, 5) is 19.0. The molecule has 0 aliphatic carbocycles. The van der Waals surface area contributed by atoms with Gasteiger partial charge in [-0.3, -0.25) is 9.69 Å². The first kappa shape index (κ1) is 17.2. The zero-order valence-corrected chi connectivity index (χ0v) is 14.4. The van der Waals surface area contributed by atoms with Gasteiger partial charge in [0.1, 0.15) is 5.82 Å². The molecule has 0 spiro atoms. The number of hydrogen-bond acceptors (Lipinski definition) is 4. The minimum absolute atomic E-state index is 0.213. The number of carbonyl (C=O) groups excluding carboxylic acids is 1. The van der Waals surface area contributed by atoms with Crippen molar-refractivity contribution in [2.24, 2.45) is 0 Å². The highest BCUT2D eigenvalue weighted by atomic mass is 19.1. The fourth-order valence-electron chi connectivity index (χ4n) is 3.48. The van der Waals surface area contributed by atoms with E-state index in [9.17, 15) is 9.18 Å². The lowest BCUT2D eigenvalue weighted by atomic mass is 10.2. The van der Waals surface area contributed by atoms with E-state index in [1.54, 1.807) is 12.1 Å². The van der Waals surface area contributed by atoms with Gasteiger partial charge in [-0.05, 0) is 31.2 Å². The van der Waals surface area contributed by atoms with Crippen molar-refractivity contribution >= 4 is 11.6 Å². The Kier molecular flexibility index (Phi) is 5.68. The van der Waals surface area contributed by atoms with Crippen LogP contribution in [0.15, 0.2) is 24.3 Å². The average Bonchev–Trinajstić information content (AvgIpc) is 2.62. The Morgan fingerprint density at radius 1 is 1.17 bits per heavy atom. The number of rotatable bonds is 4. The van der Waals surface area contributed by atoms with E-state index in [2.05, 4.69) is 22.0 Å². The molecule has 1 N–H and O–H groups in total. The van der Waals surface area contributed by atoms with Crippen LogP contribution in [0, 0.1) is 5.82 Å². The van der Waals surface area contributed by atoms with Crippen LogP contribution in [0.1, 0.15) is 13.3 Å². The summed E-state index contributed by atoms with van der Waals surface area (Å²) < 4.78 is 13.0. The molecular weight excluding hydrogens is 307 g/mol. The monoisotopic (exact) mass is 334 g/mol. The summed E-state index contributed by atoms with van der Waals surface area (Å²) in [6.07, 6.45) is 0.598. The second-order valence-corrected chi connectivity index (χ2v) is 6.68. The molecule has 2 fully saturated rings. The average molecular weight is 334 g/mol. The molecule has 0 bridgehead atoms. The highest BCUT2D eigenvalue weighted by Crippen LogP contribution is 2.17. The lowest BCUT2D eigenvalue weighted by Crippen LogP contribution is -2.52. The van der Waals surface area contributed by atoms with Crippen LogP contribution in [-0.2, 0) is 4.79 Å². The highest BCUT2D eigenvalue weighted by Gasteiger charge is 2.23. The molecule has 2 aliphatic rings. The SMILES string of the molecule is C[C@@H]1CNCCN1CCC(=O)N1CCN(c2ccc(F)cc2)CC1. The Labute approximate surface area is 143 Å². The predicted molar refractivity (Wildman–Crippen MR) is 93.7 cm³/mol. The van der Waals surface area contributed by atoms with Gasteiger partial charge < -0.3 is 15.1 Å². The molecule has 3 rings (SSSR count). The molecule has 24 heavy (non-hydrogen) atoms. The van der Waals surface area contributed by atoms with E-state index in [-0.39, 0.29) is 11.7 Å². The molecule has 6 heteroatoms. The summed E-state index contributed by atoms with van der Waals surface area (Å²) in [5.41, 5.74) is 1.03. The first-order chi connectivity index (χ1) is 11.6. The van der Waals surface area contributed by atoms with Gasteiger partial charge in [0.2, 0.25) is 5.91 Å².